The summed E-state index contributed by atoms with van der Waals surface area (Å²) in [6.45, 7) is 4.37. The van der Waals surface area contributed by atoms with Gasteiger partial charge in [-0.3, -0.25) is 19.3 Å². The number of nitrogen functional groups attached to an aromatic ring is 1. The van der Waals surface area contributed by atoms with Gasteiger partial charge >= 0.3 is 11.9 Å². The molecule has 3 amide bonds. The van der Waals surface area contributed by atoms with Gasteiger partial charge in [-0.05, 0) is 20.3 Å². The van der Waals surface area contributed by atoms with E-state index in [9.17, 15) is 34.2 Å². The van der Waals surface area contributed by atoms with Crippen LogP contribution in [0.3, 0.4) is 0 Å². The first-order valence-corrected chi connectivity index (χ1v) is 15.1. The molecule has 0 saturated carbocycles. The Bertz CT molecular complexity index is 1600. The SMILES string of the molecule is CC(C)(O/N=C(/C(=O)N[C@@H]1C(=O)N2C(C(=O)O)=C(C[n+]3cc(CNC=O)c4n3CCCN4)CS[C@H]12)c1nsc(N)n1)C(=O)O. The molecule has 1 saturated heterocycles. The highest BCUT2D eigenvalue weighted by atomic mass is 32.2. The largest absolute Gasteiger partial charge is 0.478 e. The van der Waals surface area contributed by atoms with E-state index in [2.05, 4.69) is 30.5 Å². The van der Waals surface area contributed by atoms with Crippen molar-refractivity contribution in [3.63, 3.8) is 0 Å². The minimum absolute atomic E-state index is 0.0144. The van der Waals surface area contributed by atoms with Crippen molar-refractivity contribution >= 4 is 70.1 Å². The molecule has 3 aliphatic rings. The van der Waals surface area contributed by atoms with Gasteiger partial charge < -0.3 is 36.7 Å². The van der Waals surface area contributed by atoms with Crippen LogP contribution in [0.2, 0.25) is 0 Å². The van der Waals surface area contributed by atoms with Crippen molar-refractivity contribution in [3.05, 3.63) is 28.9 Å². The zero-order valence-electron chi connectivity index (χ0n) is 23.5. The van der Waals surface area contributed by atoms with E-state index < -0.39 is 46.5 Å². The van der Waals surface area contributed by atoms with Gasteiger partial charge in [-0.25, -0.2) is 9.59 Å². The molecule has 0 bridgehead atoms. The number of carboxylic acids is 2. The lowest BCUT2D eigenvalue weighted by molar-refractivity contribution is -0.768. The zero-order valence-corrected chi connectivity index (χ0v) is 25.1. The number of oxime groups is 1. The van der Waals surface area contributed by atoms with Gasteiger partial charge in [0.2, 0.25) is 29.7 Å². The molecule has 0 aromatic carbocycles. The van der Waals surface area contributed by atoms with E-state index in [0.717, 1.165) is 40.8 Å². The second-order valence-corrected chi connectivity index (χ2v) is 12.3. The van der Waals surface area contributed by atoms with E-state index >= 15 is 0 Å². The Morgan fingerprint density at radius 2 is 2.14 bits per heavy atom. The second kappa shape index (κ2) is 12.1. The number of anilines is 2. The van der Waals surface area contributed by atoms with E-state index in [1.54, 1.807) is 0 Å². The molecule has 5 heterocycles. The van der Waals surface area contributed by atoms with E-state index in [0.29, 0.717) is 25.1 Å². The Kier molecular flexibility index (Phi) is 8.46. The van der Waals surface area contributed by atoms with Gasteiger partial charge in [-0.2, -0.15) is 9.36 Å². The minimum Gasteiger partial charge on any atom is -0.478 e. The molecule has 0 spiro atoms. The highest BCUT2D eigenvalue weighted by Crippen LogP contribution is 2.40. The smallest absolute Gasteiger partial charge is 0.352 e. The summed E-state index contributed by atoms with van der Waals surface area (Å²) in [5.74, 6) is -3.37. The predicted octanol–water partition coefficient (Wildman–Crippen LogP) is -1.71. The third-order valence-electron chi connectivity index (χ3n) is 7.03. The topological polar surface area (TPSA) is 247 Å². The Morgan fingerprint density at radius 3 is 2.80 bits per heavy atom. The molecule has 7 N–H and O–H groups in total. The molecule has 20 heteroatoms. The fourth-order valence-electron chi connectivity index (χ4n) is 4.82. The number of rotatable bonds is 12. The second-order valence-electron chi connectivity index (χ2n) is 10.4. The van der Waals surface area contributed by atoms with Crippen LogP contribution in [0.5, 0.6) is 0 Å². The number of β-lactam (4-membered cyclic amide) rings is 1. The average Bonchev–Trinajstić information content (AvgIpc) is 3.57. The Labute approximate surface area is 257 Å². The number of carboxylic acid groups (broad SMARTS) is 2. The van der Waals surface area contributed by atoms with Crippen LogP contribution < -0.4 is 26.4 Å². The van der Waals surface area contributed by atoms with Gasteiger partial charge in [0.25, 0.3) is 11.8 Å². The van der Waals surface area contributed by atoms with Crippen molar-refractivity contribution in [3.8, 4) is 0 Å². The van der Waals surface area contributed by atoms with Crippen LogP contribution in [0.4, 0.5) is 10.9 Å². The Morgan fingerprint density at radius 1 is 1.36 bits per heavy atom. The van der Waals surface area contributed by atoms with E-state index in [-0.39, 0.29) is 29.0 Å². The average molecular weight is 650 g/mol. The number of nitrogens with two attached hydrogens (primary N) is 1. The summed E-state index contributed by atoms with van der Waals surface area (Å²) in [4.78, 5) is 71.5. The van der Waals surface area contributed by atoms with Crippen LogP contribution in [-0.2, 0) is 48.4 Å². The highest BCUT2D eigenvalue weighted by molar-refractivity contribution is 8.00. The fraction of sp³-hybridized carbons (Fsp3) is 0.458. The van der Waals surface area contributed by atoms with Gasteiger partial charge in [-0.1, -0.05) is 5.16 Å². The summed E-state index contributed by atoms with van der Waals surface area (Å²) in [5.41, 5.74) is 4.50. The number of carbonyl (C=O) groups is 5. The first-order chi connectivity index (χ1) is 20.9. The zero-order chi connectivity index (χ0) is 31.8. The molecule has 3 aliphatic heterocycles. The highest BCUT2D eigenvalue weighted by Gasteiger charge is 2.55. The van der Waals surface area contributed by atoms with E-state index in [1.807, 2.05) is 15.6 Å². The summed E-state index contributed by atoms with van der Waals surface area (Å²) in [5, 5.41) is 30.9. The molecule has 2 aromatic rings. The number of aromatic nitrogens is 4. The van der Waals surface area contributed by atoms with Crippen molar-refractivity contribution in [2.24, 2.45) is 5.16 Å². The van der Waals surface area contributed by atoms with Crippen molar-refractivity contribution in [2.75, 3.05) is 23.3 Å². The third-order valence-corrected chi connectivity index (χ3v) is 8.91. The summed E-state index contributed by atoms with van der Waals surface area (Å²) >= 11 is 2.05. The fourth-order valence-corrected chi connectivity index (χ4v) is 6.59. The normalized spacial score (nSPS) is 19.7. The molecule has 44 heavy (non-hydrogen) atoms. The number of nitrogens with one attached hydrogen (secondary N) is 3. The van der Waals surface area contributed by atoms with Crippen LogP contribution in [0, 0.1) is 0 Å². The molecule has 2 atom stereocenters. The molecule has 18 nitrogen and oxygen atoms in total. The maximum atomic E-state index is 13.3. The van der Waals surface area contributed by atoms with E-state index in [1.165, 1.54) is 25.6 Å². The van der Waals surface area contributed by atoms with Gasteiger partial charge in [0.1, 0.15) is 17.1 Å². The number of fused-ring (bicyclic) bond motifs is 2. The molecule has 1 fully saturated rings. The summed E-state index contributed by atoms with van der Waals surface area (Å²) in [6.07, 6.45) is 3.29. The van der Waals surface area contributed by atoms with Crippen molar-refractivity contribution < 1.29 is 43.7 Å². The first kappa shape index (κ1) is 30.7. The van der Waals surface area contributed by atoms with Gasteiger partial charge in [0.05, 0.1) is 18.7 Å². The number of carbonyl (C=O) groups excluding carboxylic acids is 3. The lowest BCUT2D eigenvalue weighted by atomic mass is 10.0. The number of thioether (sulfide) groups is 1. The molecule has 234 valence electrons. The molecule has 2 aromatic heterocycles. The number of aliphatic carboxylic acids is 2. The van der Waals surface area contributed by atoms with Crippen LogP contribution in [0.15, 0.2) is 22.6 Å². The molecule has 0 aliphatic carbocycles. The van der Waals surface area contributed by atoms with Gasteiger partial charge in [0.15, 0.2) is 17.5 Å². The monoisotopic (exact) mass is 649 g/mol. The van der Waals surface area contributed by atoms with E-state index in [4.69, 9.17) is 10.6 Å². The Hall–Kier alpha value is -4.72. The molecular weight excluding hydrogens is 620 g/mol. The number of hydrogen-bond acceptors (Lipinski definition) is 13. The molecule has 0 radical (unpaired) electrons. The van der Waals surface area contributed by atoms with Crippen LogP contribution >= 0.6 is 23.3 Å². The molecule has 5 rings (SSSR count). The Balaban J connectivity index is 1.37. The standard InChI is InChI=1S/C24H28N10O8S2/c1-24(2,22(40)41)42-30-13(16-29-23(25)44-31-16)18(36)28-14-19(37)34-15(21(38)39)12(9-43-20(14)34)8-32-7-11(6-26-10-35)17-27-4-3-5-33(17)32/h7,10,14,20H,3-6,8-9H2,1-2H3,(H6,25,26,28,29,31,35,36,38,39,40,41)/p+1/b30-13+/t14-,20-/m1/s1. The van der Waals surface area contributed by atoms with Gasteiger partial charge in [0, 0.05) is 29.4 Å². The van der Waals surface area contributed by atoms with Crippen molar-refractivity contribution in [2.45, 2.75) is 56.9 Å². The predicted molar refractivity (Wildman–Crippen MR) is 154 cm³/mol. The summed E-state index contributed by atoms with van der Waals surface area (Å²) in [6, 6.07) is -1.11. The molecular formula is C24H29N10O8S2+. The number of hydrogen-bond donors (Lipinski definition) is 6. The summed E-state index contributed by atoms with van der Waals surface area (Å²) < 4.78 is 7.78. The third kappa shape index (κ3) is 5.76. The maximum Gasteiger partial charge on any atom is 0.352 e. The molecule has 0 unspecified atom stereocenters. The first-order valence-electron chi connectivity index (χ1n) is 13.3. The van der Waals surface area contributed by atoms with Gasteiger partial charge in [-0.15, -0.1) is 21.1 Å². The van der Waals surface area contributed by atoms with Crippen LogP contribution in [0.25, 0.3) is 0 Å². The minimum atomic E-state index is -1.80. The number of amides is 3. The van der Waals surface area contributed by atoms with Crippen molar-refractivity contribution in [1.82, 2.24) is 29.6 Å². The maximum absolute atomic E-state index is 13.3. The lowest BCUT2D eigenvalue weighted by Crippen LogP contribution is -2.71. The van der Waals surface area contributed by atoms with Crippen molar-refractivity contribution in [1.29, 1.82) is 0 Å². The van der Waals surface area contributed by atoms with Crippen LogP contribution in [-0.4, -0.2) is 94.3 Å². The quantitative estimate of drug-likeness (QED) is 0.0494. The summed E-state index contributed by atoms with van der Waals surface area (Å²) in [7, 11) is 0. The lowest BCUT2D eigenvalue weighted by Gasteiger charge is -2.49. The number of nitrogens with zero attached hydrogens (tertiary/aromatic N) is 6. The van der Waals surface area contributed by atoms with Crippen LogP contribution in [0.1, 0.15) is 31.7 Å².